The van der Waals surface area contributed by atoms with Gasteiger partial charge in [0.2, 0.25) is 0 Å². The van der Waals surface area contributed by atoms with Crippen molar-refractivity contribution in [3.63, 3.8) is 0 Å². The van der Waals surface area contributed by atoms with Crippen molar-refractivity contribution in [1.82, 2.24) is 0 Å². The topological polar surface area (TPSA) is 35.2 Å². The van der Waals surface area contributed by atoms with E-state index in [9.17, 15) is 0 Å². The van der Waals surface area contributed by atoms with Gasteiger partial charge >= 0.3 is 0 Å². The zero-order chi connectivity index (χ0) is 13.1. The highest BCUT2D eigenvalue weighted by atomic mass is 35.5. The fraction of sp³-hybridized carbons (Fsp3) is 0.200. The number of hydrogen-bond acceptors (Lipinski definition) is 2. The van der Waals surface area contributed by atoms with Gasteiger partial charge in [-0.1, -0.05) is 29.8 Å². The third-order valence-electron chi connectivity index (χ3n) is 3.00. The van der Waals surface area contributed by atoms with Crippen molar-refractivity contribution in [1.29, 1.82) is 0 Å². The predicted octanol–water partition coefficient (Wildman–Crippen LogP) is 3.78. The van der Waals surface area contributed by atoms with Crippen LogP contribution in [0.15, 0.2) is 36.4 Å². The van der Waals surface area contributed by atoms with Crippen LogP contribution in [-0.2, 0) is 6.54 Å². The Balaban J connectivity index is 2.51. The molecule has 0 unspecified atom stereocenters. The normalized spacial score (nSPS) is 10.4. The highest BCUT2D eigenvalue weighted by Gasteiger charge is 2.06. The fourth-order valence-corrected chi connectivity index (χ4v) is 2.20. The molecule has 2 N–H and O–H groups in total. The minimum absolute atomic E-state index is 0.539. The number of benzene rings is 2. The molecule has 0 atom stereocenters. The average molecular weight is 262 g/mol. The number of hydrogen-bond donors (Lipinski definition) is 1. The van der Waals surface area contributed by atoms with Crippen molar-refractivity contribution in [2.45, 2.75) is 13.5 Å². The van der Waals surface area contributed by atoms with E-state index >= 15 is 0 Å². The van der Waals surface area contributed by atoms with E-state index in [0.717, 1.165) is 16.7 Å². The standard InChI is InChI=1S/C15H16ClNO/c1-10-3-4-11(9-17)7-13(10)12-5-6-15(18-2)14(16)8-12/h3-8H,9,17H2,1-2H3. The molecule has 0 aliphatic heterocycles. The van der Waals surface area contributed by atoms with E-state index in [1.807, 2.05) is 24.3 Å². The van der Waals surface area contributed by atoms with Gasteiger partial charge in [-0.05, 0) is 47.4 Å². The predicted molar refractivity (Wildman–Crippen MR) is 76.1 cm³/mol. The van der Waals surface area contributed by atoms with Crippen LogP contribution < -0.4 is 10.5 Å². The Morgan fingerprint density at radius 3 is 2.56 bits per heavy atom. The summed E-state index contributed by atoms with van der Waals surface area (Å²) >= 11 is 6.16. The van der Waals surface area contributed by atoms with Gasteiger partial charge in [-0.2, -0.15) is 0 Å². The van der Waals surface area contributed by atoms with Crippen LogP contribution in [0.2, 0.25) is 5.02 Å². The molecule has 0 heterocycles. The average Bonchev–Trinajstić information content (AvgIpc) is 2.39. The number of aryl methyl sites for hydroxylation is 1. The van der Waals surface area contributed by atoms with Crippen molar-refractivity contribution in [3.05, 3.63) is 52.5 Å². The third kappa shape index (κ3) is 2.50. The fourth-order valence-electron chi connectivity index (χ4n) is 1.94. The van der Waals surface area contributed by atoms with Gasteiger partial charge in [0.1, 0.15) is 5.75 Å². The van der Waals surface area contributed by atoms with Gasteiger partial charge in [-0.15, -0.1) is 0 Å². The summed E-state index contributed by atoms with van der Waals surface area (Å²) < 4.78 is 5.16. The molecule has 0 radical (unpaired) electrons. The smallest absolute Gasteiger partial charge is 0.137 e. The highest BCUT2D eigenvalue weighted by Crippen LogP contribution is 2.32. The quantitative estimate of drug-likeness (QED) is 0.913. The van der Waals surface area contributed by atoms with Gasteiger partial charge in [0.15, 0.2) is 0 Å². The molecule has 0 fully saturated rings. The molecule has 2 nitrogen and oxygen atoms in total. The van der Waals surface area contributed by atoms with Crippen molar-refractivity contribution in [3.8, 4) is 16.9 Å². The molecule has 0 spiro atoms. The molecule has 2 aromatic carbocycles. The lowest BCUT2D eigenvalue weighted by atomic mass is 9.98. The Kier molecular flexibility index (Phi) is 3.90. The molecular formula is C15H16ClNO. The summed E-state index contributed by atoms with van der Waals surface area (Å²) in [5, 5.41) is 0.618. The highest BCUT2D eigenvalue weighted by molar-refractivity contribution is 6.32. The SMILES string of the molecule is COc1ccc(-c2cc(CN)ccc2C)cc1Cl. The summed E-state index contributed by atoms with van der Waals surface area (Å²) in [5.41, 5.74) is 10.2. The summed E-state index contributed by atoms with van der Waals surface area (Å²) in [7, 11) is 1.61. The molecule has 0 saturated carbocycles. The Morgan fingerprint density at radius 1 is 1.17 bits per heavy atom. The molecule has 94 valence electrons. The van der Waals surface area contributed by atoms with Crippen LogP contribution in [-0.4, -0.2) is 7.11 Å². The molecule has 3 heteroatoms. The second-order valence-corrected chi connectivity index (χ2v) is 4.61. The summed E-state index contributed by atoms with van der Waals surface area (Å²) in [5.74, 6) is 0.688. The summed E-state index contributed by atoms with van der Waals surface area (Å²) in [6.45, 7) is 2.62. The number of nitrogens with two attached hydrogens (primary N) is 1. The number of halogens is 1. The minimum atomic E-state index is 0.539. The Labute approximate surface area is 112 Å². The molecule has 18 heavy (non-hydrogen) atoms. The second-order valence-electron chi connectivity index (χ2n) is 4.20. The second kappa shape index (κ2) is 5.42. The monoisotopic (exact) mass is 261 g/mol. The van der Waals surface area contributed by atoms with Crippen LogP contribution in [0.25, 0.3) is 11.1 Å². The van der Waals surface area contributed by atoms with Crippen molar-refractivity contribution in [2.24, 2.45) is 5.73 Å². The zero-order valence-corrected chi connectivity index (χ0v) is 11.3. The van der Waals surface area contributed by atoms with E-state index in [4.69, 9.17) is 22.1 Å². The maximum atomic E-state index is 6.16. The van der Waals surface area contributed by atoms with Crippen LogP contribution in [0.4, 0.5) is 0 Å². The lowest BCUT2D eigenvalue weighted by Crippen LogP contribution is -1.97. The maximum Gasteiger partial charge on any atom is 0.137 e. The van der Waals surface area contributed by atoms with Crippen molar-refractivity contribution in [2.75, 3.05) is 7.11 Å². The van der Waals surface area contributed by atoms with E-state index < -0.39 is 0 Å². The molecule has 2 aromatic rings. The van der Waals surface area contributed by atoms with E-state index in [1.165, 1.54) is 5.56 Å². The third-order valence-corrected chi connectivity index (χ3v) is 3.30. The minimum Gasteiger partial charge on any atom is -0.495 e. The molecule has 0 amide bonds. The van der Waals surface area contributed by atoms with Gasteiger partial charge in [0.25, 0.3) is 0 Å². The van der Waals surface area contributed by atoms with Crippen LogP contribution in [0.5, 0.6) is 5.75 Å². The van der Waals surface area contributed by atoms with Crippen molar-refractivity contribution >= 4 is 11.6 Å². The van der Waals surface area contributed by atoms with Crippen molar-refractivity contribution < 1.29 is 4.74 Å². The number of methoxy groups -OCH3 is 1. The van der Waals surface area contributed by atoms with Gasteiger partial charge in [0.05, 0.1) is 12.1 Å². The Hall–Kier alpha value is -1.51. The Bertz CT molecular complexity index is 566. The molecule has 0 bridgehead atoms. The first-order valence-electron chi connectivity index (χ1n) is 5.79. The van der Waals surface area contributed by atoms with Gasteiger partial charge in [0, 0.05) is 6.54 Å². The molecule has 0 aliphatic carbocycles. The van der Waals surface area contributed by atoms with E-state index in [2.05, 4.69) is 19.1 Å². The molecule has 2 rings (SSSR count). The first-order chi connectivity index (χ1) is 8.65. The van der Waals surface area contributed by atoms with Crippen LogP contribution >= 0.6 is 11.6 Å². The molecule has 0 saturated heterocycles. The van der Waals surface area contributed by atoms with Crippen LogP contribution in [0.3, 0.4) is 0 Å². The first-order valence-corrected chi connectivity index (χ1v) is 6.17. The van der Waals surface area contributed by atoms with E-state index in [1.54, 1.807) is 7.11 Å². The molecule has 0 aromatic heterocycles. The number of rotatable bonds is 3. The lowest BCUT2D eigenvalue weighted by Gasteiger charge is -2.10. The first kappa shape index (κ1) is 12.9. The lowest BCUT2D eigenvalue weighted by molar-refractivity contribution is 0.415. The van der Waals surface area contributed by atoms with E-state index in [-0.39, 0.29) is 0 Å². The summed E-state index contributed by atoms with van der Waals surface area (Å²) in [4.78, 5) is 0. The molecular weight excluding hydrogens is 246 g/mol. The largest absolute Gasteiger partial charge is 0.495 e. The maximum absolute atomic E-state index is 6.16. The molecule has 0 aliphatic rings. The van der Waals surface area contributed by atoms with Crippen LogP contribution in [0, 0.1) is 6.92 Å². The van der Waals surface area contributed by atoms with Crippen LogP contribution in [0.1, 0.15) is 11.1 Å². The Morgan fingerprint density at radius 2 is 1.94 bits per heavy atom. The van der Waals surface area contributed by atoms with E-state index in [0.29, 0.717) is 17.3 Å². The van der Waals surface area contributed by atoms with Gasteiger partial charge in [-0.3, -0.25) is 0 Å². The summed E-state index contributed by atoms with van der Waals surface area (Å²) in [6, 6.07) is 12.0. The zero-order valence-electron chi connectivity index (χ0n) is 10.5. The van der Waals surface area contributed by atoms with Gasteiger partial charge in [-0.25, -0.2) is 0 Å². The van der Waals surface area contributed by atoms with Gasteiger partial charge < -0.3 is 10.5 Å². The number of ether oxygens (including phenoxy) is 1. The summed E-state index contributed by atoms with van der Waals surface area (Å²) in [6.07, 6.45) is 0.